The second-order valence-corrected chi connectivity index (χ2v) is 6.73. The number of ether oxygens (including phenoxy) is 1. The van der Waals surface area contributed by atoms with Gasteiger partial charge in [0.05, 0.1) is 22.5 Å². The molecule has 2 aromatic heterocycles. The molecule has 0 saturated heterocycles. The van der Waals surface area contributed by atoms with E-state index in [-0.39, 0.29) is 11.7 Å². The Morgan fingerprint density at radius 1 is 1.38 bits per heavy atom. The van der Waals surface area contributed by atoms with Crippen molar-refractivity contribution in [3.8, 4) is 0 Å². The largest absolute Gasteiger partial charge is 0.380 e. The van der Waals surface area contributed by atoms with Gasteiger partial charge in [-0.25, -0.2) is 4.39 Å². The van der Waals surface area contributed by atoms with Gasteiger partial charge in [0.1, 0.15) is 11.5 Å². The molecule has 3 rings (SSSR count). The number of aryl methyl sites for hydroxylation is 2. The van der Waals surface area contributed by atoms with Gasteiger partial charge in [0, 0.05) is 19.7 Å². The van der Waals surface area contributed by atoms with Gasteiger partial charge in [0.2, 0.25) is 0 Å². The van der Waals surface area contributed by atoms with Crippen molar-refractivity contribution in [3.63, 3.8) is 0 Å². The lowest BCUT2D eigenvalue weighted by molar-refractivity contribution is 0.0986. The maximum Gasteiger partial charge on any atom is 0.297 e. The van der Waals surface area contributed by atoms with Gasteiger partial charge in [0.15, 0.2) is 4.80 Å². The molecule has 0 aliphatic heterocycles. The van der Waals surface area contributed by atoms with Crippen LogP contribution in [-0.4, -0.2) is 33.5 Å². The normalized spacial score (nSPS) is 12.2. The summed E-state index contributed by atoms with van der Waals surface area (Å²) in [7, 11) is 0. The summed E-state index contributed by atoms with van der Waals surface area (Å²) in [4.78, 5) is 17.4. The van der Waals surface area contributed by atoms with E-state index in [2.05, 4.69) is 10.1 Å². The number of fused-ring (bicyclic) bond motifs is 1. The molecule has 0 aliphatic carbocycles. The Bertz CT molecular complexity index is 1000. The Morgan fingerprint density at radius 3 is 2.92 bits per heavy atom. The topological polar surface area (TPSA) is 61.4 Å². The van der Waals surface area contributed by atoms with Crippen molar-refractivity contribution >= 4 is 27.5 Å². The molecule has 0 N–H and O–H groups in total. The van der Waals surface area contributed by atoms with Crippen LogP contribution in [0.1, 0.15) is 30.0 Å². The van der Waals surface area contributed by atoms with Crippen molar-refractivity contribution in [2.45, 2.75) is 33.9 Å². The lowest BCUT2D eigenvalue weighted by Crippen LogP contribution is -2.21. The van der Waals surface area contributed by atoms with E-state index in [1.165, 1.54) is 17.4 Å². The molecule has 1 amide bonds. The van der Waals surface area contributed by atoms with E-state index in [0.29, 0.717) is 42.3 Å². The lowest BCUT2D eigenvalue weighted by Gasteiger charge is -2.06. The van der Waals surface area contributed by atoms with Crippen molar-refractivity contribution in [2.24, 2.45) is 4.99 Å². The highest BCUT2D eigenvalue weighted by molar-refractivity contribution is 7.16. The van der Waals surface area contributed by atoms with Crippen molar-refractivity contribution in [3.05, 3.63) is 46.3 Å². The maximum absolute atomic E-state index is 14.4. The Morgan fingerprint density at radius 2 is 2.19 bits per heavy atom. The zero-order valence-electron chi connectivity index (χ0n) is 15.0. The van der Waals surface area contributed by atoms with E-state index < -0.39 is 0 Å². The van der Waals surface area contributed by atoms with Gasteiger partial charge in [0.25, 0.3) is 5.91 Å². The summed E-state index contributed by atoms with van der Waals surface area (Å²) in [5.41, 5.74) is 1.64. The average molecular weight is 376 g/mol. The third kappa shape index (κ3) is 3.61. The fourth-order valence-corrected chi connectivity index (χ4v) is 3.85. The summed E-state index contributed by atoms with van der Waals surface area (Å²) in [6.07, 6.45) is 0. The van der Waals surface area contributed by atoms with Gasteiger partial charge in [-0.15, -0.1) is 0 Å². The summed E-state index contributed by atoms with van der Waals surface area (Å²) in [6, 6.07) is 6.60. The Hall–Kier alpha value is -2.32. The third-order valence-corrected chi connectivity index (χ3v) is 4.98. The van der Waals surface area contributed by atoms with Crippen molar-refractivity contribution in [1.82, 2.24) is 14.3 Å². The summed E-state index contributed by atoms with van der Waals surface area (Å²) in [5.74, 6) is -0.719. The number of aromatic nitrogens is 3. The Kier molecular flexibility index (Phi) is 5.63. The summed E-state index contributed by atoms with van der Waals surface area (Å²) < 4.78 is 23.8. The van der Waals surface area contributed by atoms with E-state index in [4.69, 9.17) is 4.74 Å². The predicted molar refractivity (Wildman–Crippen MR) is 98.8 cm³/mol. The van der Waals surface area contributed by atoms with E-state index in [0.717, 1.165) is 10.4 Å². The zero-order valence-corrected chi connectivity index (χ0v) is 15.8. The summed E-state index contributed by atoms with van der Waals surface area (Å²) in [6.45, 7) is 7.65. The number of hydrogen-bond acceptors (Lipinski definition) is 4. The van der Waals surface area contributed by atoms with Gasteiger partial charge in [-0.1, -0.05) is 17.4 Å². The highest BCUT2D eigenvalue weighted by Crippen LogP contribution is 2.20. The first kappa shape index (κ1) is 18.5. The third-order valence-electron chi connectivity index (χ3n) is 3.93. The molecule has 0 atom stereocenters. The fraction of sp³-hybridized carbons (Fsp3) is 0.389. The van der Waals surface area contributed by atoms with Crippen LogP contribution in [0, 0.1) is 12.7 Å². The van der Waals surface area contributed by atoms with E-state index in [9.17, 15) is 9.18 Å². The van der Waals surface area contributed by atoms with Crippen LogP contribution >= 0.6 is 11.3 Å². The first-order chi connectivity index (χ1) is 12.5. The van der Waals surface area contributed by atoms with Crippen molar-refractivity contribution < 1.29 is 13.9 Å². The first-order valence-electron chi connectivity index (χ1n) is 8.54. The number of para-hydroxylation sites is 1. The van der Waals surface area contributed by atoms with E-state index >= 15 is 0 Å². The molecule has 0 bridgehead atoms. The fourth-order valence-electron chi connectivity index (χ4n) is 2.78. The predicted octanol–water partition coefficient (Wildman–Crippen LogP) is 3.14. The van der Waals surface area contributed by atoms with Crippen LogP contribution in [0.25, 0.3) is 10.2 Å². The number of halogens is 1. The van der Waals surface area contributed by atoms with Crippen LogP contribution < -0.4 is 4.80 Å². The second-order valence-electron chi connectivity index (χ2n) is 5.72. The molecule has 8 heteroatoms. The SMILES string of the molecule is CCOCCn1c(=NC(=O)c2cc(C)nn2CC)sc2cccc(F)c21. The van der Waals surface area contributed by atoms with Gasteiger partial charge in [-0.3, -0.25) is 9.48 Å². The van der Waals surface area contributed by atoms with E-state index in [1.54, 1.807) is 21.4 Å². The molecule has 2 heterocycles. The molecule has 0 aliphatic rings. The van der Waals surface area contributed by atoms with Gasteiger partial charge in [-0.2, -0.15) is 10.1 Å². The molecule has 6 nitrogen and oxygen atoms in total. The van der Waals surface area contributed by atoms with Crippen LogP contribution in [-0.2, 0) is 17.8 Å². The summed E-state index contributed by atoms with van der Waals surface area (Å²) in [5, 5.41) is 4.28. The second kappa shape index (κ2) is 7.92. The van der Waals surface area contributed by atoms with Crippen molar-refractivity contribution in [2.75, 3.05) is 13.2 Å². The molecule has 3 aromatic rings. The molecular weight excluding hydrogens is 355 g/mol. The number of benzene rings is 1. The minimum Gasteiger partial charge on any atom is -0.380 e. The van der Waals surface area contributed by atoms with Gasteiger partial charge >= 0.3 is 0 Å². The average Bonchev–Trinajstić information content (AvgIpc) is 3.16. The molecule has 0 saturated carbocycles. The van der Waals surface area contributed by atoms with Crippen LogP contribution in [0.3, 0.4) is 0 Å². The zero-order chi connectivity index (χ0) is 18.7. The smallest absolute Gasteiger partial charge is 0.297 e. The molecule has 0 radical (unpaired) electrons. The first-order valence-corrected chi connectivity index (χ1v) is 9.35. The number of hydrogen-bond donors (Lipinski definition) is 0. The van der Waals surface area contributed by atoms with Crippen molar-refractivity contribution in [1.29, 1.82) is 0 Å². The standard InChI is InChI=1S/C18H21FN4O2S/c1-4-23-14(11-12(3)21-23)17(24)20-18-22(9-10-25-5-2)16-13(19)7-6-8-15(16)26-18/h6-8,11H,4-5,9-10H2,1-3H3. The number of carbonyl (C=O) groups excluding carboxylic acids is 1. The number of rotatable bonds is 6. The number of amides is 1. The molecule has 0 fully saturated rings. The monoisotopic (exact) mass is 376 g/mol. The summed E-state index contributed by atoms with van der Waals surface area (Å²) >= 11 is 1.29. The van der Waals surface area contributed by atoms with Gasteiger partial charge < -0.3 is 9.30 Å². The quantitative estimate of drug-likeness (QED) is 0.621. The molecule has 138 valence electrons. The molecule has 1 aromatic carbocycles. The number of carbonyl (C=O) groups is 1. The van der Waals surface area contributed by atoms with Crippen LogP contribution in [0.15, 0.2) is 29.3 Å². The highest BCUT2D eigenvalue weighted by Gasteiger charge is 2.15. The van der Waals surface area contributed by atoms with E-state index in [1.807, 2.05) is 26.8 Å². The van der Waals surface area contributed by atoms with Gasteiger partial charge in [-0.05, 0) is 39.0 Å². The Labute approximate surface area is 154 Å². The minimum absolute atomic E-state index is 0.335. The van der Waals surface area contributed by atoms with Crippen LogP contribution in [0.2, 0.25) is 0 Å². The maximum atomic E-state index is 14.4. The molecule has 0 spiro atoms. The minimum atomic E-state index is -0.385. The van der Waals surface area contributed by atoms with Crippen LogP contribution in [0.4, 0.5) is 4.39 Å². The number of thiazole rings is 1. The molecule has 26 heavy (non-hydrogen) atoms. The number of nitrogens with zero attached hydrogens (tertiary/aromatic N) is 4. The molecular formula is C18H21FN4O2S. The van der Waals surface area contributed by atoms with Crippen LogP contribution in [0.5, 0.6) is 0 Å². The Balaban J connectivity index is 2.10. The lowest BCUT2D eigenvalue weighted by atomic mass is 10.3. The molecule has 0 unspecified atom stereocenters. The highest BCUT2D eigenvalue weighted by atomic mass is 32.1.